The van der Waals surface area contributed by atoms with E-state index < -0.39 is 38.6 Å². The molecule has 1 aromatic heterocycles. The zero-order chi connectivity index (χ0) is 31.2. The summed E-state index contributed by atoms with van der Waals surface area (Å²) >= 11 is 0. The maximum Gasteiger partial charge on any atom is 0.421 e. The number of hydrogen-bond donors (Lipinski definition) is 3. The zero-order valence-electron chi connectivity index (χ0n) is 24.0. The van der Waals surface area contributed by atoms with Crippen LogP contribution in [0, 0.1) is 0 Å². The van der Waals surface area contributed by atoms with Crippen molar-refractivity contribution >= 4 is 50.3 Å². The highest BCUT2D eigenvalue weighted by molar-refractivity contribution is 7.92. The van der Waals surface area contributed by atoms with Crippen LogP contribution in [-0.4, -0.2) is 68.7 Å². The number of nitrogens with one attached hydrogen (secondary N) is 3. The van der Waals surface area contributed by atoms with E-state index in [0.29, 0.717) is 24.1 Å². The average Bonchev–Trinajstić information content (AvgIpc) is 2.91. The van der Waals surface area contributed by atoms with E-state index in [-0.39, 0.29) is 22.2 Å². The predicted octanol–water partition coefficient (Wildman–Crippen LogP) is 5.29. The minimum Gasteiger partial charge on any atom is -0.372 e. The molecule has 0 saturated heterocycles. The summed E-state index contributed by atoms with van der Waals surface area (Å²) < 4.78 is 67.5. The third-order valence-corrected chi connectivity index (χ3v) is 8.36. The van der Waals surface area contributed by atoms with Crippen LogP contribution in [-0.2, 0) is 20.8 Å². The van der Waals surface area contributed by atoms with Gasteiger partial charge in [-0.25, -0.2) is 13.4 Å². The monoisotopic (exact) mass is 605 g/mol. The Morgan fingerprint density at radius 2 is 1.74 bits per heavy atom. The third-order valence-electron chi connectivity index (χ3n) is 6.15. The zero-order valence-corrected chi connectivity index (χ0v) is 24.8. The molecule has 1 heterocycles. The smallest absolute Gasteiger partial charge is 0.372 e. The number of amides is 1. The fourth-order valence-electron chi connectivity index (χ4n) is 3.77. The van der Waals surface area contributed by atoms with E-state index in [1.807, 2.05) is 30.9 Å². The molecule has 2 aromatic carbocycles. The highest BCUT2D eigenvalue weighted by Crippen LogP contribution is 2.37. The normalized spacial score (nSPS) is 11.9. The molecule has 226 valence electrons. The van der Waals surface area contributed by atoms with Gasteiger partial charge in [0.1, 0.15) is 11.4 Å². The minimum absolute atomic E-state index is 0.0328. The Hall–Kier alpha value is -4.17. The molecular weight excluding hydrogens is 571 g/mol. The molecule has 3 rings (SSSR count). The van der Waals surface area contributed by atoms with Gasteiger partial charge in [-0.15, -0.1) is 0 Å². The van der Waals surface area contributed by atoms with Crippen LogP contribution in [0.3, 0.4) is 0 Å². The van der Waals surface area contributed by atoms with Crippen LogP contribution < -0.4 is 20.9 Å². The van der Waals surface area contributed by atoms with Gasteiger partial charge >= 0.3 is 6.18 Å². The minimum atomic E-state index is -4.80. The fourth-order valence-corrected chi connectivity index (χ4v) is 4.98. The average molecular weight is 606 g/mol. The van der Waals surface area contributed by atoms with Gasteiger partial charge in [0.2, 0.25) is 11.9 Å². The second-order valence-electron chi connectivity index (χ2n) is 9.94. The molecule has 10 nitrogen and oxygen atoms in total. The number of benzene rings is 2. The maximum atomic E-state index is 13.9. The number of alkyl halides is 3. The molecule has 14 heteroatoms. The first-order chi connectivity index (χ1) is 19.6. The molecule has 0 aliphatic rings. The highest BCUT2D eigenvalue weighted by Gasteiger charge is 2.35. The summed E-state index contributed by atoms with van der Waals surface area (Å²) in [5, 5.41) is 7.39. The quantitative estimate of drug-likeness (QED) is 0.237. The standard InChI is InChI=1S/C28H34F3N7O3S/c1-7-25(39)34-22-16-19(12-13-23(22)38(6)15-14-37(4)5)33-26-20(28(29,30)31)17-32-27(36-26)35-21-10-8-9-11-24(21)42(40,41)18(2)3/h7-13,16-18H,1,14-15H2,2-6H3,(H,34,39)(H2,32,33,35,36). The van der Waals surface area contributed by atoms with Crippen molar-refractivity contribution < 1.29 is 26.4 Å². The number of hydrogen-bond acceptors (Lipinski definition) is 9. The van der Waals surface area contributed by atoms with E-state index in [0.717, 1.165) is 12.6 Å². The highest BCUT2D eigenvalue weighted by atomic mass is 32.2. The first-order valence-corrected chi connectivity index (χ1v) is 14.4. The van der Waals surface area contributed by atoms with Crippen molar-refractivity contribution in [1.82, 2.24) is 14.9 Å². The van der Waals surface area contributed by atoms with Gasteiger partial charge < -0.3 is 25.8 Å². The first kappa shape index (κ1) is 32.3. The largest absolute Gasteiger partial charge is 0.421 e. The molecule has 42 heavy (non-hydrogen) atoms. The maximum absolute atomic E-state index is 13.9. The van der Waals surface area contributed by atoms with E-state index in [1.165, 1.54) is 32.0 Å². The summed E-state index contributed by atoms with van der Waals surface area (Å²) in [6, 6.07) is 10.7. The molecule has 0 bridgehead atoms. The molecule has 0 unspecified atom stereocenters. The Morgan fingerprint density at radius 1 is 1.05 bits per heavy atom. The Morgan fingerprint density at radius 3 is 2.36 bits per heavy atom. The lowest BCUT2D eigenvalue weighted by molar-refractivity contribution is -0.137. The summed E-state index contributed by atoms with van der Waals surface area (Å²) in [4.78, 5) is 23.8. The first-order valence-electron chi connectivity index (χ1n) is 12.9. The summed E-state index contributed by atoms with van der Waals surface area (Å²) in [7, 11) is 1.96. The number of rotatable bonds is 12. The molecule has 0 fully saturated rings. The molecule has 1 amide bonds. The number of aromatic nitrogens is 2. The van der Waals surface area contributed by atoms with E-state index in [1.54, 1.807) is 24.3 Å². The van der Waals surface area contributed by atoms with Crippen LogP contribution in [0.2, 0.25) is 0 Å². The van der Waals surface area contributed by atoms with Crippen LogP contribution in [0.15, 0.2) is 66.2 Å². The number of anilines is 6. The second-order valence-corrected chi connectivity index (χ2v) is 12.4. The molecule has 0 radical (unpaired) electrons. The van der Waals surface area contributed by atoms with Crippen molar-refractivity contribution in [2.24, 2.45) is 0 Å². The van der Waals surface area contributed by atoms with Crippen molar-refractivity contribution in [3.63, 3.8) is 0 Å². The van der Waals surface area contributed by atoms with Crippen molar-refractivity contribution in [3.8, 4) is 0 Å². The van der Waals surface area contributed by atoms with E-state index >= 15 is 0 Å². The molecule has 0 saturated carbocycles. The Kier molecular flexibility index (Phi) is 10.2. The van der Waals surface area contributed by atoms with Gasteiger partial charge in [0.15, 0.2) is 9.84 Å². The number of carbonyl (C=O) groups excluding carboxylic acids is 1. The summed E-state index contributed by atoms with van der Waals surface area (Å²) in [5.74, 6) is -1.31. The van der Waals surface area contributed by atoms with Crippen LogP contribution in [0.4, 0.5) is 47.7 Å². The molecular formula is C28H34F3N7O3S. The van der Waals surface area contributed by atoms with Gasteiger partial charge in [0.25, 0.3) is 0 Å². The predicted molar refractivity (Wildman–Crippen MR) is 159 cm³/mol. The van der Waals surface area contributed by atoms with Crippen molar-refractivity contribution in [2.75, 3.05) is 55.1 Å². The van der Waals surface area contributed by atoms with Gasteiger partial charge in [-0.2, -0.15) is 18.2 Å². The van der Waals surface area contributed by atoms with E-state index in [4.69, 9.17) is 0 Å². The lowest BCUT2D eigenvalue weighted by Gasteiger charge is -2.25. The number of likely N-dealkylation sites (N-methyl/N-ethyl adjacent to an activating group) is 2. The molecule has 3 aromatic rings. The summed E-state index contributed by atoms with van der Waals surface area (Å²) in [5.41, 5.74) is 0.176. The van der Waals surface area contributed by atoms with Gasteiger partial charge in [-0.3, -0.25) is 4.79 Å². The number of nitrogens with zero attached hydrogens (tertiary/aromatic N) is 4. The van der Waals surface area contributed by atoms with Crippen LogP contribution in [0.25, 0.3) is 0 Å². The topological polar surface area (TPSA) is 120 Å². The summed E-state index contributed by atoms with van der Waals surface area (Å²) in [6.07, 6.45) is -3.10. The van der Waals surface area contributed by atoms with Gasteiger partial charge in [0, 0.05) is 32.0 Å². The van der Waals surface area contributed by atoms with Gasteiger partial charge in [0.05, 0.1) is 27.2 Å². The van der Waals surface area contributed by atoms with E-state index in [2.05, 4.69) is 32.5 Å². The van der Waals surface area contributed by atoms with Crippen molar-refractivity contribution in [3.05, 3.63) is 66.9 Å². The SMILES string of the molecule is C=CC(=O)Nc1cc(Nc2nc(Nc3ccccc3S(=O)(=O)C(C)C)ncc2C(F)(F)F)ccc1N(C)CCN(C)C. The van der Waals surface area contributed by atoms with Crippen LogP contribution >= 0.6 is 0 Å². The molecule has 0 atom stereocenters. The second kappa shape index (κ2) is 13.2. The molecule has 3 N–H and O–H groups in total. The van der Waals surface area contributed by atoms with Crippen LogP contribution in [0.1, 0.15) is 19.4 Å². The van der Waals surface area contributed by atoms with Gasteiger partial charge in [-0.05, 0) is 64.4 Å². The van der Waals surface area contributed by atoms with Gasteiger partial charge in [-0.1, -0.05) is 18.7 Å². The Labute approximate surface area is 243 Å². The Balaban J connectivity index is 2.03. The summed E-state index contributed by atoms with van der Waals surface area (Å²) in [6.45, 7) is 7.85. The third kappa shape index (κ3) is 7.97. The number of halogens is 3. The van der Waals surface area contributed by atoms with Crippen molar-refractivity contribution in [1.29, 1.82) is 0 Å². The molecule has 0 spiro atoms. The van der Waals surface area contributed by atoms with Crippen molar-refractivity contribution in [2.45, 2.75) is 30.2 Å². The number of carbonyl (C=O) groups is 1. The number of para-hydroxylation sites is 1. The Bertz CT molecular complexity index is 1540. The number of sulfone groups is 1. The lowest BCUT2D eigenvalue weighted by atomic mass is 10.2. The molecule has 0 aliphatic heterocycles. The fraction of sp³-hybridized carbons (Fsp3) is 0.321. The molecule has 0 aliphatic carbocycles. The van der Waals surface area contributed by atoms with Crippen LogP contribution in [0.5, 0.6) is 0 Å². The van der Waals surface area contributed by atoms with E-state index in [9.17, 15) is 26.4 Å². The lowest BCUT2D eigenvalue weighted by Crippen LogP contribution is -2.29.